The van der Waals surface area contributed by atoms with Crippen molar-refractivity contribution in [1.29, 1.82) is 0 Å². The molecule has 0 aromatic heterocycles. The van der Waals surface area contributed by atoms with E-state index in [-0.39, 0.29) is 5.82 Å². The Morgan fingerprint density at radius 2 is 2.13 bits per heavy atom. The molecule has 0 radical (unpaired) electrons. The molecular weight excluding hydrogens is 189 g/mol. The number of hydrogen-bond donors (Lipinski definition) is 1. The Morgan fingerprint density at radius 3 is 2.73 bits per heavy atom. The minimum Gasteiger partial charge on any atom is -0.320 e. The van der Waals surface area contributed by atoms with Crippen LogP contribution in [0.4, 0.5) is 4.39 Å². The molecular formula is C13H18FN. The van der Waals surface area contributed by atoms with Crippen LogP contribution < -0.4 is 5.32 Å². The Bertz CT molecular complexity index is 320. The molecule has 1 unspecified atom stereocenters. The maximum Gasteiger partial charge on any atom is 0.126 e. The van der Waals surface area contributed by atoms with Crippen molar-refractivity contribution in [2.45, 2.75) is 25.2 Å². The molecule has 82 valence electrons. The van der Waals surface area contributed by atoms with Crippen LogP contribution in [0.15, 0.2) is 24.3 Å². The van der Waals surface area contributed by atoms with Crippen LogP contribution >= 0.6 is 0 Å². The zero-order valence-corrected chi connectivity index (χ0v) is 9.17. The van der Waals surface area contributed by atoms with E-state index in [4.69, 9.17) is 0 Å². The van der Waals surface area contributed by atoms with E-state index in [0.29, 0.717) is 5.92 Å². The molecule has 15 heavy (non-hydrogen) atoms. The molecule has 0 aliphatic heterocycles. The first-order chi connectivity index (χ1) is 7.33. The van der Waals surface area contributed by atoms with E-state index in [1.54, 1.807) is 12.1 Å². The van der Waals surface area contributed by atoms with Crippen LogP contribution in [0.1, 0.15) is 30.7 Å². The van der Waals surface area contributed by atoms with E-state index in [1.165, 1.54) is 12.8 Å². The van der Waals surface area contributed by atoms with Crippen LogP contribution in [0, 0.1) is 11.7 Å². The molecule has 0 heterocycles. The zero-order valence-electron chi connectivity index (χ0n) is 9.17. The lowest BCUT2D eigenvalue weighted by Crippen LogP contribution is -2.14. The summed E-state index contributed by atoms with van der Waals surface area (Å²) in [6, 6.07) is 7.21. The molecule has 0 amide bonds. The van der Waals surface area contributed by atoms with Gasteiger partial charge in [-0.15, -0.1) is 0 Å². The first-order valence-corrected chi connectivity index (χ1v) is 5.72. The van der Waals surface area contributed by atoms with Crippen LogP contribution in [0.25, 0.3) is 0 Å². The normalized spacial score (nSPS) is 17.7. The first kappa shape index (κ1) is 10.6. The van der Waals surface area contributed by atoms with Crippen LogP contribution in [-0.4, -0.2) is 13.6 Å². The molecule has 0 spiro atoms. The summed E-state index contributed by atoms with van der Waals surface area (Å²) in [7, 11) is 1.95. The summed E-state index contributed by atoms with van der Waals surface area (Å²) in [4.78, 5) is 0. The summed E-state index contributed by atoms with van der Waals surface area (Å²) in [5.74, 6) is 1.10. The highest BCUT2D eigenvalue weighted by atomic mass is 19.1. The van der Waals surface area contributed by atoms with E-state index in [9.17, 15) is 4.39 Å². The Hall–Kier alpha value is -0.890. The van der Waals surface area contributed by atoms with Crippen molar-refractivity contribution < 1.29 is 4.39 Å². The Morgan fingerprint density at radius 1 is 1.40 bits per heavy atom. The van der Waals surface area contributed by atoms with Gasteiger partial charge in [0.1, 0.15) is 5.82 Å². The molecule has 2 rings (SSSR count). The smallest absolute Gasteiger partial charge is 0.126 e. The highest BCUT2D eigenvalue weighted by Gasteiger charge is 2.32. The SMILES string of the molecule is CNCCC(c1ccccc1F)C1CC1. The summed E-state index contributed by atoms with van der Waals surface area (Å²) in [6.07, 6.45) is 3.58. The standard InChI is InChI=1S/C13H18FN/c1-15-9-8-11(10-6-7-10)12-4-2-3-5-13(12)14/h2-5,10-11,15H,6-9H2,1H3. The second-order valence-corrected chi connectivity index (χ2v) is 4.36. The van der Waals surface area contributed by atoms with Gasteiger partial charge in [0.2, 0.25) is 0 Å². The molecule has 1 aliphatic carbocycles. The average Bonchev–Trinajstić information content (AvgIpc) is 3.05. The van der Waals surface area contributed by atoms with Gasteiger partial charge in [-0.05, 0) is 56.3 Å². The number of benzene rings is 1. The first-order valence-electron chi connectivity index (χ1n) is 5.72. The van der Waals surface area contributed by atoms with Crippen LogP contribution in [-0.2, 0) is 0 Å². The minimum absolute atomic E-state index is 0.0366. The molecule has 1 saturated carbocycles. The minimum atomic E-state index is -0.0366. The van der Waals surface area contributed by atoms with Crippen molar-refractivity contribution in [2.75, 3.05) is 13.6 Å². The number of halogens is 1. The summed E-state index contributed by atoms with van der Waals surface area (Å²) in [6.45, 7) is 0.968. The van der Waals surface area contributed by atoms with Gasteiger partial charge in [-0.1, -0.05) is 18.2 Å². The number of rotatable bonds is 5. The van der Waals surface area contributed by atoms with Gasteiger partial charge in [0, 0.05) is 0 Å². The lowest BCUT2D eigenvalue weighted by Gasteiger charge is -2.17. The molecule has 0 bridgehead atoms. The summed E-state index contributed by atoms with van der Waals surface area (Å²) >= 11 is 0. The number of hydrogen-bond acceptors (Lipinski definition) is 1. The van der Waals surface area contributed by atoms with Gasteiger partial charge in [0.25, 0.3) is 0 Å². The van der Waals surface area contributed by atoms with E-state index in [2.05, 4.69) is 5.32 Å². The Kier molecular flexibility index (Phi) is 3.37. The topological polar surface area (TPSA) is 12.0 Å². The molecule has 1 aliphatic rings. The monoisotopic (exact) mass is 207 g/mol. The van der Waals surface area contributed by atoms with Crippen molar-refractivity contribution in [3.8, 4) is 0 Å². The van der Waals surface area contributed by atoms with Gasteiger partial charge in [0.05, 0.1) is 0 Å². The van der Waals surface area contributed by atoms with Gasteiger partial charge in [-0.25, -0.2) is 4.39 Å². The van der Waals surface area contributed by atoms with E-state index < -0.39 is 0 Å². The highest BCUT2D eigenvalue weighted by molar-refractivity contribution is 5.23. The number of nitrogens with one attached hydrogen (secondary N) is 1. The summed E-state index contributed by atoms with van der Waals surface area (Å²) in [5.41, 5.74) is 0.912. The maximum atomic E-state index is 13.6. The second-order valence-electron chi connectivity index (χ2n) is 4.36. The predicted octanol–water partition coefficient (Wildman–Crippen LogP) is 2.93. The average molecular weight is 207 g/mol. The van der Waals surface area contributed by atoms with Crippen LogP contribution in [0.3, 0.4) is 0 Å². The molecule has 1 nitrogen and oxygen atoms in total. The fourth-order valence-electron chi connectivity index (χ4n) is 2.22. The molecule has 1 aromatic rings. The van der Waals surface area contributed by atoms with Crippen molar-refractivity contribution in [3.05, 3.63) is 35.6 Å². The molecule has 1 aromatic carbocycles. The van der Waals surface area contributed by atoms with Gasteiger partial charge in [0.15, 0.2) is 0 Å². The zero-order chi connectivity index (χ0) is 10.7. The fourth-order valence-corrected chi connectivity index (χ4v) is 2.22. The largest absolute Gasteiger partial charge is 0.320 e. The highest BCUT2D eigenvalue weighted by Crippen LogP contribution is 2.44. The Balaban J connectivity index is 2.13. The lowest BCUT2D eigenvalue weighted by molar-refractivity contribution is 0.505. The Labute approximate surface area is 90.7 Å². The van der Waals surface area contributed by atoms with E-state index in [1.807, 2.05) is 19.2 Å². The molecule has 1 fully saturated rings. The summed E-state index contributed by atoms with van der Waals surface area (Å²) in [5, 5.41) is 3.15. The van der Waals surface area contributed by atoms with Crippen LogP contribution in [0.2, 0.25) is 0 Å². The maximum absolute atomic E-state index is 13.6. The third-order valence-electron chi connectivity index (χ3n) is 3.20. The van der Waals surface area contributed by atoms with Crippen molar-refractivity contribution in [2.24, 2.45) is 5.92 Å². The third-order valence-corrected chi connectivity index (χ3v) is 3.20. The predicted molar refractivity (Wildman–Crippen MR) is 60.4 cm³/mol. The summed E-state index contributed by atoms with van der Waals surface area (Å²) < 4.78 is 13.6. The van der Waals surface area contributed by atoms with Crippen molar-refractivity contribution >= 4 is 0 Å². The molecule has 1 N–H and O–H groups in total. The quantitative estimate of drug-likeness (QED) is 0.782. The third kappa shape index (κ3) is 2.57. The lowest BCUT2D eigenvalue weighted by atomic mass is 9.90. The van der Waals surface area contributed by atoms with Gasteiger partial charge >= 0.3 is 0 Å². The van der Waals surface area contributed by atoms with Crippen molar-refractivity contribution in [1.82, 2.24) is 5.32 Å². The van der Waals surface area contributed by atoms with E-state index in [0.717, 1.165) is 24.4 Å². The molecule has 1 atom stereocenters. The van der Waals surface area contributed by atoms with E-state index >= 15 is 0 Å². The second kappa shape index (κ2) is 4.75. The van der Waals surface area contributed by atoms with Crippen molar-refractivity contribution in [3.63, 3.8) is 0 Å². The van der Waals surface area contributed by atoms with Gasteiger partial charge in [-0.3, -0.25) is 0 Å². The fraction of sp³-hybridized carbons (Fsp3) is 0.538. The van der Waals surface area contributed by atoms with Gasteiger partial charge < -0.3 is 5.32 Å². The molecule has 0 saturated heterocycles. The molecule has 2 heteroatoms. The van der Waals surface area contributed by atoms with Gasteiger partial charge in [-0.2, -0.15) is 0 Å². The van der Waals surface area contributed by atoms with Crippen LogP contribution in [0.5, 0.6) is 0 Å².